The van der Waals surface area contributed by atoms with E-state index in [1.807, 2.05) is 87.4 Å². The summed E-state index contributed by atoms with van der Waals surface area (Å²) in [6, 6.07) is 19.6. The number of aryl methyl sites for hydroxylation is 2. The molecule has 1 atom stereocenters. The summed E-state index contributed by atoms with van der Waals surface area (Å²) in [5, 5.41) is 11.4. The van der Waals surface area contributed by atoms with Crippen molar-refractivity contribution >= 4 is 28.8 Å². The van der Waals surface area contributed by atoms with Crippen molar-refractivity contribution < 1.29 is 19.4 Å². The first-order chi connectivity index (χ1) is 16.2. The van der Waals surface area contributed by atoms with Crippen molar-refractivity contribution in [3.05, 3.63) is 94.6 Å². The highest BCUT2D eigenvalue weighted by Gasteiger charge is 2.47. The van der Waals surface area contributed by atoms with E-state index in [1.165, 1.54) is 12.0 Å². The highest BCUT2D eigenvalue weighted by Crippen LogP contribution is 2.43. The maximum Gasteiger partial charge on any atom is 0.300 e. The van der Waals surface area contributed by atoms with Crippen LogP contribution in [0.15, 0.2) is 72.3 Å². The van der Waals surface area contributed by atoms with Crippen LogP contribution in [0.1, 0.15) is 28.3 Å². The molecule has 3 aromatic carbocycles. The first kappa shape index (κ1) is 23.1. The third-order valence-electron chi connectivity index (χ3n) is 6.09. The molecule has 0 aliphatic carbocycles. The predicted molar refractivity (Wildman–Crippen MR) is 134 cm³/mol. The molecular formula is C28H28N2O4. The first-order valence-corrected chi connectivity index (χ1v) is 11.0. The molecule has 6 nitrogen and oxygen atoms in total. The number of hydrogen-bond donors (Lipinski definition) is 1. The standard InChI is InChI=1S/C28H28N2O4/c1-17-6-11-21(12-7-17)30-25(19-9-13-20(14-10-19)29(3)4)24(27(32)28(30)33)26(31)22-16-18(2)8-15-23(22)34-5/h6-16,25,31H,1-5H3/b26-24+. The Morgan fingerprint density at radius 1 is 0.912 bits per heavy atom. The van der Waals surface area contributed by atoms with Crippen LogP contribution >= 0.6 is 0 Å². The molecule has 1 aliphatic rings. The molecule has 0 bridgehead atoms. The number of carbonyl (C=O) groups excluding carboxylic acids is 2. The molecule has 1 N–H and O–H groups in total. The maximum atomic E-state index is 13.4. The highest BCUT2D eigenvalue weighted by atomic mass is 16.5. The second-order valence-electron chi connectivity index (χ2n) is 8.69. The molecule has 6 heteroatoms. The molecule has 174 valence electrons. The SMILES string of the molecule is COc1ccc(C)cc1/C(O)=C1\C(=O)C(=O)N(c2ccc(C)cc2)C1c1ccc(N(C)C)cc1. The minimum atomic E-state index is -0.788. The van der Waals surface area contributed by atoms with Crippen LogP contribution in [0.4, 0.5) is 11.4 Å². The summed E-state index contributed by atoms with van der Waals surface area (Å²) >= 11 is 0. The van der Waals surface area contributed by atoms with Gasteiger partial charge in [0.2, 0.25) is 0 Å². The lowest BCUT2D eigenvalue weighted by Gasteiger charge is -2.26. The van der Waals surface area contributed by atoms with Gasteiger partial charge in [0.25, 0.3) is 11.7 Å². The number of Topliss-reactive ketones (excluding diaryl/α,β-unsaturated/α-hetero) is 1. The molecule has 1 amide bonds. The molecule has 0 radical (unpaired) electrons. The Hall–Kier alpha value is -4.06. The number of rotatable bonds is 5. The number of carbonyl (C=O) groups is 2. The van der Waals surface area contributed by atoms with E-state index < -0.39 is 17.7 Å². The quantitative estimate of drug-likeness (QED) is 0.332. The minimum Gasteiger partial charge on any atom is -0.507 e. The van der Waals surface area contributed by atoms with Gasteiger partial charge in [-0.25, -0.2) is 0 Å². The number of amides is 1. The van der Waals surface area contributed by atoms with Gasteiger partial charge >= 0.3 is 0 Å². The van der Waals surface area contributed by atoms with Crippen LogP contribution in [-0.2, 0) is 9.59 Å². The predicted octanol–water partition coefficient (Wildman–Crippen LogP) is 5.00. The molecule has 0 saturated carbocycles. The Balaban J connectivity index is 1.96. The fourth-order valence-corrected chi connectivity index (χ4v) is 4.23. The summed E-state index contributed by atoms with van der Waals surface area (Å²) in [5.74, 6) is -1.25. The molecule has 0 spiro atoms. The number of ketones is 1. The molecule has 1 aliphatic heterocycles. The zero-order chi connectivity index (χ0) is 24.6. The van der Waals surface area contributed by atoms with E-state index >= 15 is 0 Å². The van der Waals surface area contributed by atoms with Crippen LogP contribution in [0.25, 0.3) is 5.76 Å². The Bertz CT molecular complexity index is 1270. The van der Waals surface area contributed by atoms with E-state index in [-0.39, 0.29) is 11.3 Å². The molecule has 1 fully saturated rings. The van der Waals surface area contributed by atoms with Crippen LogP contribution in [0.2, 0.25) is 0 Å². The number of nitrogens with zero attached hydrogens (tertiary/aromatic N) is 2. The average molecular weight is 457 g/mol. The van der Waals surface area contributed by atoms with Gasteiger partial charge in [0.15, 0.2) is 0 Å². The fraction of sp³-hybridized carbons (Fsp3) is 0.214. The summed E-state index contributed by atoms with van der Waals surface area (Å²) in [4.78, 5) is 30.1. The minimum absolute atomic E-state index is 0.0343. The molecule has 1 unspecified atom stereocenters. The Kier molecular flexibility index (Phi) is 6.16. The van der Waals surface area contributed by atoms with E-state index in [4.69, 9.17) is 4.74 Å². The van der Waals surface area contributed by atoms with Crippen molar-refractivity contribution in [2.75, 3.05) is 31.0 Å². The van der Waals surface area contributed by atoms with E-state index in [0.717, 1.165) is 22.4 Å². The lowest BCUT2D eigenvalue weighted by atomic mass is 9.94. The lowest BCUT2D eigenvalue weighted by Crippen LogP contribution is -2.29. The molecule has 3 aromatic rings. The Labute approximate surface area is 199 Å². The van der Waals surface area contributed by atoms with Crippen LogP contribution < -0.4 is 14.5 Å². The van der Waals surface area contributed by atoms with E-state index in [1.54, 1.807) is 12.1 Å². The van der Waals surface area contributed by atoms with E-state index in [9.17, 15) is 14.7 Å². The third kappa shape index (κ3) is 4.03. The van der Waals surface area contributed by atoms with Gasteiger partial charge in [-0.2, -0.15) is 0 Å². The smallest absolute Gasteiger partial charge is 0.300 e. The Morgan fingerprint density at radius 2 is 1.53 bits per heavy atom. The molecule has 4 rings (SSSR count). The van der Waals surface area contributed by atoms with Gasteiger partial charge in [0, 0.05) is 25.5 Å². The molecule has 0 aromatic heterocycles. The largest absolute Gasteiger partial charge is 0.507 e. The molecule has 34 heavy (non-hydrogen) atoms. The van der Waals surface area contributed by atoms with Crippen molar-refractivity contribution in [3.63, 3.8) is 0 Å². The average Bonchev–Trinajstić information content (AvgIpc) is 3.09. The number of aliphatic hydroxyl groups is 1. The monoisotopic (exact) mass is 456 g/mol. The number of benzene rings is 3. The van der Waals surface area contributed by atoms with Gasteiger partial charge in [-0.3, -0.25) is 14.5 Å². The second-order valence-corrected chi connectivity index (χ2v) is 8.69. The highest BCUT2D eigenvalue weighted by molar-refractivity contribution is 6.51. The zero-order valence-electron chi connectivity index (χ0n) is 20.0. The van der Waals surface area contributed by atoms with Crippen molar-refractivity contribution in [2.45, 2.75) is 19.9 Å². The number of methoxy groups -OCH3 is 1. The van der Waals surface area contributed by atoms with Gasteiger partial charge in [0.1, 0.15) is 11.5 Å². The number of hydrogen-bond acceptors (Lipinski definition) is 5. The van der Waals surface area contributed by atoms with E-state index in [2.05, 4.69) is 0 Å². The fourth-order valence-electron chi connectivity index (χ4n) is 4.23. The van der Waals surface area contributed by atoms with Crippen molar-refractivity contribution in [1.82, 2.24) is 0 Å². The summed E-state index contributed by atoms with van der Waals surface area (Å²) in [7, 11) is 5.39. The summed E-state index contributed by atoms with van der Waals surface area (Å²) < 4.78 is 5.44. The maximum absolute atomic E-state index is 13.4. The zero-order valence-corrected chi connectivity index (χ0v) is 20.0. The first-order valence-electron chi connectivity index (χ1n) is 11.0. The van der Waals surface area contributed by atoms with Crippen LogP contribution in [0.5, 0.6) is 5.75 Å². The van der Waals surface area contributed by atoms with Gasteiger partial charge in [-0.1, -0.05) is 41.5 Å². The van der Waals surface area contributed by atoms with E-state index in [0.29, 0.717) is 17.0 Å². The molecule has 1 heterocycles. The summed E-state index contributed by atoms with van der Waals surface area (Å²) in [6.07, 6.45) is 0. The second kappa shape index (κ2) is 9.06. The van der Waals surface area contributed by atoms with Crippen molar-refractivity contribution in [3.8, 4) is 5.75 Å². The lowest BCUT2D eigenvalue weighted by molar-refractivity contribution is -0.132. The molecule has 1 saturated heterocycles. The van der Waals surface area contributed by atoms with Gasteiger partial charge in [0.05, 0.1) is 24.3 Å². The molecular weight excluding hydrogens is 428 g/mol. The summed E-state index contributed by atoms with van der Waals surface area (Å²) in [5.41, 5.74) is 4.63. The van der Waals surface area contributed by atoms with Crippen LogP contribution in [-0.4, -0.2) is 38.0 Å². The van der Waals surface area contributed by atoms with Crippen LogP contribution in [0.3, 0.4) is 0 Å². The van der Waals surface area contributed by atoms with Crippen molar-refractivity contribution in [2.24, 2.45) is 0 Å². The number of anilines is 2. The van der Waals surface area contributed by atoms with Crippen molar-refractivity contribution in [1.29, 1.82) is 0 Å². The summed E-state index contributed by atoms with van der Waals surface area (Å²) in [6.45, 7) is 3.85. The van der Waals surface area contributed by atoms with Crippen LogP contribution in [0, 0.1) is 13.8 Å². The normalized spacial score (nSPS) is 17.2. The Morgan fingerprint density at radius 3 is 2.12 bits per heavy atom. The number of ether oxygens (including phenoxy) is 1. The topological polar surface area (TPSA) is 70.1 Å². The van der Waals surface area contributed by atoms with Gasteiger partial charge < -0.3 is 14.7 Å². The van der Waals surface area contributed by atoms with Gasteiger partial charge in [-0.05, 0) is 55.8 Å². The number of aliphatic hydroxyl groups excluding tert-OH is 1. The van der Waals surface area contributed by atoms with Gasteiger partial charge in [-0.15, -0.1) is 0 Å². The third-order valence-corrected chi connectivity index (χ3v) is 6.09.